The molecule has 0 radical (unpaired) electrons. The number of carbonyl (C=O) groups is 1. The first-order valence-electron chi connectivity index (χ1n) is 8.39. The summed E-state index contributed by atoms with van der Waals surface area (Å²) in [6.07, 6.45) is 2.70. The molecule has 0 aromatic heterocycles. The molecule has 2 atom stereocenters. The van der Waals surface area contributed by atoms with Gasteiger partial charge in [0.05, 0.1) is 19.1 Å². The standard InChI is InChI=1S/C20H20ClNO2/c1-24-20(23)17-7-4-10-22-18-12-15(21)9-8-14(18)11-13-5-2-3-6-16(13)19(17)22/h2-3,5-6,8-9,12,17,19H,4,7,10-11H2,1H3/t17-,19+/m1/s1. The molecule has 2 aliphatic rings. The van der Waals surface area contributed by atoms with Gasteiger partial charge in [-0.2, -0.15) is 0 Å². The van der Waals surface area contributed by atoms with Crippen molar-refractivity contribution in [3.8, 4) is 0 Å². The lowest BCUT2D eigenvalue weighted by atomic mass is 9.83. The van der Waals surface area contributed by atoms with Crippen LogP contribution in [0.4, 0.5) is 5.69 Å². The summed E-state index contributed by atoms with van der Waals surface area (Å²) in [5.74, 6) is -0.264. The first kappa shape index (κ1) is 15.5. The van der Waals surface area contributed by atoms with Gasteiger partial charge in [0.2, 0.25) is 0 Å². The lowest BCUT2D eigenvalue weighted by Crippen LogP contribution is -2.42. The number of benzene rings is 2. The van der Waals surface area contributed by atoms with Crippen LogP contribution < -0.4 is 4.90 Å². The van der Waals surface area contributed by atoms with Gasteiger partial charge in [-0.15, -0.1) is 0 Å². The number of halogens is 1. The molecule has 1 saturated heterocycles. The van der Waals surface area contributed by atoms with Crippen LogP contribution in [0.5, 0.6) is 0 Å². The molecular formula is C20H20ClNO2. The van der Waals surface area contributed by atoms with E-state index in [2.05, 4.69) is 35.2 Å². The molecule has 0 aliphatic carbocycles. The molecule has 0 N–H and O–H groups in total. The average molecular weight is 342 g/mol. The van der Waals surface area contributed by atoms with Crippen molar-refractivity contribution < 1.29 is 9.53 Å². The van der Waals surface area contributed by atoms with Gasteiger partial charge >= 0.3 is 5.97 Å². The van der Waals surface area contributed by atoms with Gasteiger partial charge in [-0.05, 0) is 48.1 Å². The maximum atomic E-state index is 12.4. The van der Waals surface area contributed by atoms with Gasteiger partial charge in [0.1, 0.15) is 0 Å². The number of anilines is 1. The number of esters is 1. The number of fused-ring (bicyclic) bond motifs is 5. The summed E-state index contributed by atoms with van der Waals surface area (Å²) in [4.78, 5) is 14.8. The minimum absolute atomic E-state index is 0.0158. The zero-order valence-corrected chi connectivity index (χ0v) is 14.4. The molecule has 24 heavy (non-hydrogen) atoms. The lowest BCUT2D eigenvalue weighted by molar-refractivity contribution is -0.147. The largest absolute Gasteiger partial charge is 0.469 e. The summed E-state index contributed by atoms with van der Waals surface area (Å²) in [5.41, 5.74) is 4.93. The Labute approximate surface area is 147 Å². The molecule has 0 bridgehead atoms. The second kappa shape index (κ2) is 6.14. The fourth-order valence-corrected chi connectivity index (χ4v) is 4.36. The summed E-state index contributed by atoms with van der Waals surface area (Å²) in [6, 6.07) is 14.6. The third kappa shape index (κ3) is 2.48. The molecule has 4 rings (SSSR count). The quantitative estimate of drug-likeness (QED) is 0.721. The van der Waals surface area contributed by atoms with Crippen molar-refractivity contribution in [1.82, 2.24) is 0 Å². The van der Waals surface area contributed by atoms with Gasteiger partial charge in [-0.25, -0.2) is 0 Å². The van der Waals surface area contributed by atoms with E-state index in [-0.39, 0.29) is 17.9 Å². The lowest BCUT2D eigenvalue weighted by Gasteiger charge is -2.42. The monoisotopic (exact) mass is 341 g/mol. The van der Waals surface area contributed by atoms with Crippen molar-refractivity contribution in [3.63, 3.8) is 0 Å². The molecule has 0 amide bonds. The average Bonchev–Trinajstić information content (AvgIpc) is 2.75. The van der Waals surface area contributed by atoms with Crippen LogP contribution in [0.2, 0.25) is 5.02 Å². The third-order valence-electron chi connectivity index (χ3n) is 5.25. The molecule has 2 aliphatic heterocycles. The Balaban J connectivity index is 1.92. The molecule has 0 unspecified atom stereocenters. The zero-order valence-electron chi connectivity index (χ0n) is 13.7. The normalized spacial score (nSPS) is 22.0. The Hall–Kier alpha value is -2.00. The van der Waals surface area contributed by atoms with E-state index < -0.39 is 0 Å². The topological polar surface area (TPSA) is 29.5 Å². The van der Waals surface area contributed by atoms with Crippen molar-refractivity contribution in [1.29, 1.82) is 0 Å². The first-order chi connectivity index (χ1) is 11.7. The highest BCUT2D eigenvalue weighted by atomic mass is 35.5. The van der Waals surface area contributed by atoms with Crippen LogP contribution in [-0.2, 0) is 16.0 Å². The smallest absolute Gasteiger partial charge is 0.311 e. The number of hydrogen-bond donors (Lipinski definition) is 0. The van der Waals surface area contributed by atoms with E-state index in [0.29, 0.717) is 0 Å². The first-order valence-corrected chi connectivity index (χ1v) is 8.77. The summed E-state index contributed by atoms with van der Waals surface area (Å²) < 4.78 is 5.11. The maximum absolute atomic E-state index is 12.4. The number of hydrogen-bond acceptors (Lipinski definition) is 3. The Morgan fingerprint density at radius 3 is 2.88 bits per heavy atom. The molecule has 1 fully saturated rings. The van der Waals surface area contributed by atoms with Crippen LogP contribution in [0.15, 0.2) is 42.5 Å². The molecular weight excluding hydrogens is 322 g/mol. The van der Waals surface area contributed by atoms with E-state index in [0.717, 1.165) is 36.5 Å². The minimum Gasteiger partial charge on any atom is -0.469 e. The van der Waals surface area contributed by atoms with E-state index in [4.69, 9.17) is 16.3 Å². The molecule has 0 spiro atoms. The highest BCUT2D eigenvalue weighted by Crippen LogP contribution is 2.45. The molecule has 0 saturated carbocycles. The second-order valence-electron chi connectivity index (χ2n) is 6.56. The van der Waals surface area contributed by atoms with E-state index in [9.17, 15) is 4.79 Å². The number of methoxy groups -OCH3 is 1. The number of ether oxygens (including phenoxy) is 1. The van der Waals surface area contributed by atoms with Crippen LogP contribution in [0, 0.1) is 5.92 Å². The highest BCUT2D eigenvalue weighted by molar-refractivity contribution is 6.30. The van der Waals surface area contributed by atoms with Crippen LogP contribution in [0.3, 0.4) is 0 Å². The van der Waals surface area contributed by atoms with Crippen molar-refractivity contribution >= 4 is 23.3 Å². The van der Waals surface area contributed by atoms with Gasteiger partial charge in [-0.3, -0.25) is 4.79 Å². The van der Waals surface area contributed by atoms with Gasteiger partial charge < -0.3 is 9.64 Å². The molecule has 2 heterocycles. The molecule has 4 heteroatoms. The number of piperidine rings is 1. The van der Waals surface area contributed by atoms with Crippen molar-refractivity contribution in [2.45, 2.75) is 25.3 Å². The van der Waals surface area contributed by atoms with E-state index >= 15 is 0 Å². The summed E-state index contributed by atoms with van der Waals surface area (Å²) >= 11 is 6.28. The van der Waals surface area contributed by atoms with Gasteiger partial charge in [0, 0.05) is 17.3 Å². The second-order valence-corrected chi connectivity index (χ2v) is 7.00. The molecule has 2 aromatic rings. The molecule has 124 valence electrons. The van der Waals surface area contributed by atoms with Crippen LogP contribution >= 0.6 is 11.6 Å². The Morgan fingerprint density at radius 2 is 2.04 bits per heavy atom. The summed E-state index contributed by atoms with van der Waals surface area (Å²) in [7, 11) is 1.48. The SMILES string of the molecule is COC(=O)[C@@H]1CCCN2c3cc(Cl)ccc3Cc3ccccc3[C@@H]12. The predicted octanol–water partition coefficient (Wildman–Crippen LogP) is 4.37. The Bertz CT molecular complexity index is 789. The van der Waals surface area contributed by atoms with Crippen LogP contribution in [0.25, 0.3) is 0 Å². The maximum Gasteiger partial charge on any atom is 0.311 e. The van der Waals surface area contributed by atoms with Crippen molar-refractivity contribution in [3.05, 3.63) is 64.2 Å². The van der Waals surface area contributed by atoms with E-state index in [1.807, 2.05) is 12.1 Å². The summed E-state index contributed by atoms with van der Waals surface area (Å²) in [6.45, 7) is 0.930. The minimum atomic E-state index is -0.144. The summed E-state index contributed by atoms with van der Waals surface area (Å²) in [5, 5.41) is 0.735. The van der Waals surface area contributed by atoms with E-state index in [1.54, 1.807) is 0 Å². The van der Waals surface area contributed by atoms with E-state index in [1.165, 1.54) is 23.8 Å². The van der Waals surface area contributed by atoms with Gasteiger partial charge in [-0.1, -0.05) is 41.9 Å². The van der Waals surface area contributed by atoms with Crippen molar-refractivity contribution in [2.24, 2.45) is 5.92 Å². The van der Waals surface area contributed by atoms with Crippen molar-refractivity contribution in [2.75, 3.05) is 18.6 Å². The van der Waals surface area contributed by atoms with Crippen LogP contribution in [0.1, 0.15) is 35.6 Å². The number of rotatable bonds is 1. The molecule has 3 nitrogen and oxygen atoms in total. The third-order valence-corrected chi connectivity index (χ3v) is 5.48. The fraction of sp³-hybridized carbons (Fsp3) is 0.350. The number of carbonyl (C=O) groups excluding carboxylic acids is 1. The Kier molecular flexibility index (Phi) is 3.97. The zero-order chi connectivity index (χ0) is 16.7. The number of nitrogens with zero attached hydrogens (tertiary/aromatic N) is 1. The Morgan fingerprint density at radius 1 is 1.21 bits per heavy atom. The van der Waals surface area contributed by atoms with Crippen LogP contribution in [-0.4, -0.2) is 19.6 Å². The fourth-order valence-electron chi connectivity index (χ4n) is 4.19. The molecule has 2 aromatic carbocycles. The van der Waals surface area contributed by atoms with Gasteiger partial charge in [0.15, 0.2) is 0 Å². The van der Waals surface area contributed by atoms with Gasteiger partial charge in [0.25, 0.3) is 0 Å². The predicted molar refractivity (Wildman–Crippen MR) is 95.5 cm³/mol. The highest BCUT2D eigenvalue weighted by Gasteiger charge is 2.40.